The van der Waals surface area contributed by atoms with E-state index in [-0.39, 0.29) is 5.91 Å². The number of amides is 1. The lowest BCUT2D eigenvalue weighted by atomic mass is 10.1. The van der Waals surface area contributed by atoms with Gasteiger partial charge in [0.05, 0.1) is 12.4 Å². The fourth-order valence-corrected chi connectivity index (χ4v) is 2.99. The van der Waals surface area contributed by atoms with Crippen LogP contribution in [-0.2, 0) is 9.53 Å². The van der Waals surface area contributed by atoms with Gasteiger partial charge in [-0.15, -0.1) is 11.8 Å². The molecule has 0 aliphatic carbocycles. The average Bonchev–Trinajstić information content (AvgIpc) is 2.35. The molecule has 0 saturated carbocycles. The molecule has 100 valence electrons. The van der Waals surface area contributed by atoms with Crippen LogP contribution in [0.4, 0.5) is 0 Å². The first kappa shape index (κ1) is 14.8. The van der Waals surface area contributed by atoms with E-state index in [9.17, 15) is 4.79 Å². The Kier molecular flexibility index (Phi) is 7.64. The number of thioether (sulfide) groups is 1. The molecule has 1 aliphatic heterocycles. The van der Waals surface area contributed by atoms with Crippen molar-refractivity contribution in [1.82, 2.24) is 10.6 Å². The first-order valence-electron chi connectivity index (χ1n) is 6.47. The van der Waals surface area contributed by atoms with Crippen LogP contribution in [-0.4, -0.2) is 49.3 Å². The largest absolute Gasteiger partial charge is 0.380 e. The van der Waals surface area contributed by atoms with Crippen molar-refractivity contribution in [1.29, 1.82) is 0 Å². The Hall–Kier alpha value is -0.260. The summed E-state index contributed by atoms with van der Waals surface area (Å²) in [5.41, 5.74) is 0. The lowest BCUT2D eigenvalue weighted by Crippen LogP contribution is -2.45. The fraction of sp³-hybridized carbons (Fsp3) is 0.917. The van der Waals surface area contributed by atoms with Crippen molar-refractivity contribution in [3.05, 3.63) is 0 Å². The highest BCUT2D eigenvalue weighted by molar-refractivity contribution is 8.00. The smallest absolute Gasteiger partial charge is 0.229 e. The van der Waals surface area contributed by atoms with Gasteiger partial charge in [-0.1, -0.05) is 6.92 Å². The van der Waals surface area contributed by atoms with Crippen LogP contribution in [0.1, 0.15) is 26.7 Å². The summed E-state index contributed by atoms with van der Waals surface area (Å²) in [7, 11) is 0. The Morgan fingerprint density at radius 1 is 1.47 bits per heavy atom. The van der Waals surface area contributed by atoms with Crippen LogP contribution in [0.3, 0.4) is 0 Å². The molecule has 0 aromatic heterocycles. The molecule has 1 saturated heterocycles. The van der Waals surface area contributed by atoms with Crippen LogP contribution in [0.25, 0.3) is 0 Å². The van der Waals surface area contributed by atoms with Crippen molar-refractivity contribution in [2.24, 2.45) is 0 Å². The molecule has 0 spiro atoms. The van der Waals surface area contributed by atoms with Crippen molar-refractivity contribution in [3.63, 3.8) is 0 Å². The molecule has 0 radical (unpaired) electrons. The molecule has 2 unspecified atom stereocenters. The van der Waals surface area contributed by atoms with Crippen LogP contribution < -0.4 is 10.6 Å². The number of hydrogen-bond acceptors (Lipinski definition) is 4. The molecular formula is C12H24N2O2S. The van der Waals surface area contributed by atoms with Crippen LogP contribution in [0.2, 0.25) is 0 Å². The lowest BCUT2D eigenvalue weighted by molar-refractivity contribution is -0.118. The zero-order valence-electron chi connectivity index (χ0n) is 10.8. The van der Waals surface area contributed by atoms with E-state index < -0.39 is 0 Å². The third-order valence-corrected chi connectivity index (χ3v) is 4.08. The summed E-state index contributed by atoms with van der Waals surface area (Å²) in [6.07, 6.45) is 2.19. The highest BCUT2D eigenvalue weighted by atomic mass is 32.2. The maximum Gasteiger partial charge on any atom is 0.229 e. The summed E-state index contributed by atoms with van der Waals surface area (Å²) >= 11 is 1.70. The summed E-state index contributed by atoms with van der Waals surface area (Å²) in [5, 5.41) is 6.77. The minimum absolute atomic E-state index is 0.123. The Balaban J connectivity index is 2.29. The van der Waals surface area contributed by atoms with Gasteiger partial charge in [-0.3, -0.25) is 4.79 Å². The van der Waals surface area contributed by atoms with E-state index in [1.807, 2.05) is 6.92 Å². The van der Waals surface area contributed by atoms with Gasteiger partial charge in [0.1, 0.15) is 0 Å². The standard InChI is InChI=1S/C12H24N2O2S/c1-3-6-14-10-5-7-16-8-11(10)17-9-12(15)13-4-2/h10-11,14H,3-9H2,1-2H3,(H,13,15). The van der Waals surface area contributed by atoms with Gasteiger partial charge in [-0.2, -0.15) is 0 Å². The van der Waals surface area contributed by atoms with Crippen LogP contribution in [0.15, 0.2) is 0 Å². The molecule has 5 heteroatoms. The average molecular weight is 260 g/mol. The monoisotopic (exact) mass is 260 g/mol. The van der Waals surface area contributed by atoms with E-state index in [1.165, 1.54) is 0 Å². The van der Waals surface area contributed by atoms with E-state index >= 15 is 0 Å². The summed E-state index contributed by atoms with van der Waals surface area (Å²) < 4.78 is 5.49. The van der Waals surface area contributed by atoms with Crippen LogP contribution in [0.5, 0.6) is 0 Å². The van der Waals surface area contributed by atoms with Crippen molar-refractivity contribution < 1.29 is 9.53 Å². The molecule has 1 aliphatic rings. The zero-order chi connectivity index (χ0) is 12.5. The second-order valence-corrected chi connectivity index (χ2v) is 5.45. The first-order valence-corrected chi connectivity index (χ1v) is 7.52. The predicted octanol–water partition coefficient (Wildman–Crippen LogP) is 1.01. The fourth-order valence-electron chi connectivity index (χ4n) is 1.87. The quantitative estimate of drug-likeness (QED) is 0.717. The minimum Gasteiger partial charge on any atom is -0.380 e. The molecule has 1 heterocycles. The molecule has 2 atom stereocenters. The highest BCUT2D eigenvalue weighted by Gasteiger charge is 2.25. The third-order valence-electron chi connectivity index (χ3n) is 2.76. The Bertz CT molecular complexity index is 227. The highest BCUT2D eigenvalue weighted by Crippen LogP contribution is 2.21. The predicted molar refractivity (Wildman–Crippen MR) is 72.4 cm³/mol. The number of ether oxygens (including phenoxy) is 1. The van der Waals surface area contributed by atoms with Crippen molar-refractivity contribution in [3.8, 4) is 0 Å². The SMILES string of the molecule is CCCNC1CCOCC1SCC(=O)NCC. The maximum absolute atomic E-state index is 11.4. The molecule has 0 aromatic rings. The third kappa shape index (κ3) is 5.75. The normalized spacial score (nSPS) is 24.6. The van der Waals surface area contributed by atoms with Crippen LogP contribution in [0, 0.1) is 0 Å². The molecule has 1 amide bonds. The number of hydrogen-bond donors (Lipinski definition) is 2. The van der Waals surface area contributed by atoms with Gasteiger partial charge in [0.2, 0.25) is 5.91 Å². The Morgan fingerprint density at radius 2 is 2.29 bits per heavy atom. The molecule has 17 heavy (non-hydrogen) atoms. The molecule has 0 aromatic carbocycles. The van der Waals surface area contributed by atoms with E-state index in [4.69, 9.17) is 4.74 Å². The molecule has 4 nitrogen and oxygen atoms in total. The second kappa shape index (κ2) is 8.78. The van der Waals surface area contributed by atoms with Gasteiger partial charge < -0.3 is 15.4 Å². The van der Waals surface area contributed by atoms with Gasteiger partial charge in [-0.25, -0.2) is 0 Å². The van der Waals surface area contributed by atoms with Gasteiger partial charge in [0, 0.05) is 24.4 Å². The van der Waals surface area contributed by atoms with Gasteiger partial charge >= 0.3 is 0 Å². The second-order valence-electron chi connectivity index (χ2n) is 4.23. The van der Waals surface area contributed by atoms with E-state index in [1.54, 1.807) is 11.8 Å². The number of rotatable bonds is 7. The summed E-state index contributed by atoms with van der Waals surface area (Å²) in [6, 6.07) is 0.489. The number of carbonyl (C=O) groups is 1. The minimum atomic E-state index is 0.123. The Morgan fingerprint density at radius 3 is 3.00 bits per heavy atom. The van der Waals surface area contributed by atoms with Crippen molar-refractivity contribution in [2.75, 3.05) is 32.1 Å². The summed E-state index contributed by atoms with van der Waals surface area (Å²) in [4.78, 5) is 11.4. The summed E-state index contributed by atoms with van der Waals surface area (Å²) in [6.45, 7) is 7.45. The summed E-state index contributed by atoms with van der Waals surface area (Å²) in [5.74, 6) is 0.656. The van der Waals surface area contributed by atoms with Crippen molar-refractivity contribution in [2.45, 2.75) is 38.0 Å². The van der Waals surface area contributed by atoms with Crippen LogP contribution >= 0.6 is 11.8 Å². The lowest BCUT2D eigenvalue weighted by Gasteiger charge is -2.31. The molecule has 0 bridgehead atoms. The van der Waals surface area contributed by atoms with Crippen molar-refractivity contribution >= 4 is 17.7 Å². The van der Waals surface area contributed by atoms with E-state index in [0.29, 0.717) is 23.6 Å². The molecular weight excluding hydrogens is 236 g/mol. The molecule has 1 fully saturated rings. The van der Waals surface area contributed by atoms with Gasteiger partial charge in [0.15, 0.2) is 0 Å². The Labute approximate surface area is 108 Å². The number of nitrogens with one attached hydrogen (secondary N) is 2. The molecule has 1 rings (SSSR count). The van der Waals surface area contributed by atoms with Gasteiger partial charge in [0.25, 0.3) is 0 Å². The topological polar surface area (TPSA) is 50.4 Å². The molecule has 2 N–H and O–H groups in total. The number of carbonyl (C=O) groups excluding carboxylic acids is 1. The first-order chi connectivity index (χ1) is 8.27. The maximum atomic E-state index is 11.4. The van der Waals surface area contributed by atoms with E-state index in [2.05, 4.69) is 17.6 Å². The van der Waals surface area contributed by atoms with E-state index in [0.717, 1.165) is 32.6 Å². The van der Waals surface area contributed by atoms with Gasteiger partial charge in [-0.05, 0) is 26.3 Å². The zero-order valence-corrected chi connectivity index (χ0v) is 11.6.